The Labute approximate surface area is 146 Å². The van der Waals surface area contributed by atoms with Crippen LogP contribution in [0.15, 0.2) is 54.6 Å². The number of nitrogens with zero attached hydrogens (tertiary/aromatic N) is 1. The van der Waals surface area contributed by atoms with Crippen molar-refractivity contribution in [3.63, 3.8) is 0 Å². The predicted molar refractivity (Wildman–Crippen MR) is 98.1 cm³/mol. The Morgan fingerprint density at radius 3 is 2.35 bits per heavy atom. The van der Waals surface area contributed by atoms with Crippen LogP contribution < -0.4 is 4.90 Å². The Balaban J connectivity index is 2.16. The Bertz CT molecular complexity index is 599. The summed E-state index contributed by atoms with van der Waals surface area (Å²) in [6.07, 6.45) is 0.997. The highest BCUT2D eigenvalue weighted by Crippen LogP contribution is 2.19. The third-order valence-electron chi connectivity index (χ3n) is 3.53. The lowest BCUT2D eigenvalue weighted by Gasteiger charge is -2.24. The van der Waals surface area contributed by atoms with Crippen LogP contribution in [0.5, 0.6) is 0 Å². The van der Waals surface area contributed by atoms with E-state index in [4.69, 9.17) is 4.74 Å². The van der Waals surface area contributed by atoms with Crippen LogP contribution in [0.25, 0.3) is 0 Å². The standard InChI is InChI=1S/C19H22BrNO2/c1-2-23-19(22)15-21(14-17-6-4-3-5-7-17)18-10-8-16(9-11-18)12-13-20/h3-11H,2,12-15H2,1H3. The minimum atomic E-state index is -0.201. The van der Waals surface area contributed by atoms with E-state index in [2.05, 4.69) is 52.3 Å². The van der Waals surface area contributed by atoms with Crippen LogP contribution in [0, 0.1) is 0 Å². The summed E-state index contributed by atoms with van der Waals surface area (Å²) in [5.41, 5.74) is 3.47. The first kappa shape index (κ1) is 17.5. The van der Waals surface area contributed by atoms with Crippen LogP contribution in [-0.4, -0.2) is 24.5 Å². The van der Waals surface area contributed by atoms with E-state index in [-0.39, 0.29) is 12.5 Å². The van der Waals surface area contributed by atoms with Gasteiger partial charge in [-0.2, -0.15) is 0 Å². The van der Waals surface area contributed by atoms with Gasteiger partial charge in [-0.3, -0.25) is 4.79 Å². The molecular weight excluding hydrogens is 354 g/mol. The molecule has 0 saturated carbocycles. The summed E-state index contributed by atoms with van der Waals surface area (Å²) in [5, 5.41) is 0.947. The fraction of sp³-hybridized carbons (Fsp3) is 0.316. The molecule has 0 bridgehead atoms. The molecule has 0 aliphatic heterocycles. The van der Waals surface area contributed by atoms with Gasteiger partial charge >= 0.3 is 5.97 Å². The van der Waals surface area contributed by atoms with E-state index in [1.54, 1.807) is 0 Å². The van der Waals surface area contributed by atoms with Gasteiger partial charge in [0.05, 0.1) is 6.61 Å². The van der Waals surface area contributed by atoms with Crippen molar-refractivity contribution < 1.29 is 9.53 Å². The fourth-order valence-electron chi connectivity index (χ4n) is 2.39. The summed E-state index contributed by atoms with van der Waals surface area (Å²) >= 11 is 3.46. The zero-order chi connectivity index (χ0) is 16.5. The predicted octanol–water partition coefficient (Wildman–Crippen LogP) is 4.19. The molecule has 0 spiro atoms. The van der Waals surface area contributed by atoms with Crippen LogP contribution in [0.2, 0.25) is 0 Å². The van der Waals surface area contributed by atoms with Crippen molar-refractivity contribution in [2.24, 2.45) is 0 Å². The number of esters is 1. The van der Waals surface area contributed by atoms with E-state index in [9.17, 15) is 4.79 Å². The van der Waals surface area contributed by atoms with Crippen LogP contribution in [0.3, 0.4) is 0 Å². The van der Waals surface area contributed by atoms with Gasteiger partial charge in [0.15, 0.2) is 0 Å². The normalized spacial score (nSPS) is 10.3. The molecule has 0 atom stereocenters. The molecule has 122 valence electrons. The first-order valence-electron chi connectivity index (χ1n) is 7.82. The molecule has 0 aromatic heterocycles. The number of anilines is 1. The molecule has 0 amide bonds. The van der Waals surface area contributed by atoms with E-state index >= 15 is 0 Å². The number of aryl methyl sites for hydroxylation is 1. The minimum Gasteiger partial charge on any atom is -0.465 e. The molecule has 0 aliphatic rings. The quantitative estimate of drug-likeness (QED) is 0.511. The Kier molecular flexibility index (Phi) is 7.14. The third kappa shape index (κ3) is 5.71. The highest BCUT2D eigenvalue weighted by atomic mass is 79.9. The number of carbonyl (C=O) groups excluding carboxylic acids is 1. The molecule has 2 aromatic carbocycles. The van der Waals surface area contributed by atoms with Gasteiger partial charge in [0.2, 0.25) is 0 Å². The Morgan fingerprint density at radius 1 is 1.04 bits per heavy atom. The van der Waals surface area contributed by atoms with E-state index in [1.807, 2.05) is 30.0 Å². The SMILES string of the molecule is CCOC(=O)CN(Cc1ccccc1)c1ccc(CCBr)cc1. The number of hydrogen-bond acceptors (Lipinski definition) is 3. The molecule has 0 heterocycles. The lowest BCUT2D eigenvalue weighted by atomic mass is 10.1. The summed E-state index contributed by atoms with van der Waals surface area (Å²) in [4.78, 5) is 14.0. The van der Waals surface area contributed by atoms with Crippen molar-refractivity contribution in [1.82, 2.24) is 0 Å². The Morgan fingerprint density at radius 2 is 1.74 bits per heavy atom. The molecule has 0 N–H and O–H groups in total. The van der Waals surface area contributed by atoms with Crippen LogP contribution >= 0.6 is 15.9 Å². The summed E-state index contributed by atoms with van der Waals surface area (Å²) in [6.45, 7) is 3.16. The molecule has 0 saturated heterocycles. The minimum absolute atomic E-state index is 0.201. The molecule has 4 heteroatoms. The van der Waals surface area contributed by atoms with Gasteiger partial charge in [-0.25, -0.2) is 0 Å². The van der Waals surface area contributed by atoms with Gasteiger partial charge in [0.25, 0.3) is 0 Å². The van der Waals surface area contributed by atoms with Gasteiger partial charge in [0, 0.05) is 17.6 Å². The largest absolute Gasteiger partial charge is 0.465 e. The summed E-state index contributed by atoms with van der Waals surface area (Å²) in [6, 6.07) is 18.5. The number of ether oxygens (including phenoxy) is 1. The van der Waals surface area contributed by atoms with E-state index < -0.39 is 0 Å². The first-order chi connectivity index (χ1) is 11.2. The molecule has 2 rings (SSSR count). The zero-order valence-electron chi connectivity index (χ0n) is 13.4. The number of alkyl halides is 1. The molecule has 0 fully saturated rings. The topological polar surface area (TPSA) is 29.5 Å². The fourth-order valence-corrected chi connectivity index (χ4v) is 2.85. The number of rotatable bonds is 8. The summed E-state index contributed by atoms with van der Waals surface area (Å²) in [7, 11) is 0. The van der Waals surface area contributed by atoms with Crippen molar-refractivity contribution in [2.75, 3.05) is 23.4 Å². The lowest BCUT2D eigenvalue weighted by Crippen LogP contribution is -2.30. The second-order valence-corrected chi connectivity index (χ2v) is 6.05. The maximum absolute atomic E-state index is 11.9. The van der Waals surface area contributed by atoms with Crippen LogP contribution in [-0.2, 0) is 22.5 Å². The maximum atomic E-state index is 11.9. The molecule has 2 aromatic rings. The van der Waals surface area contributed by atoms with Crippen molar-refractivity contribution in [1.29, 1.82) is 0 Å². The second-order valence-electron chi connectivity index (χ2n) is 5.25. The molecule has 0 aliphatic carbocycles. The van der Waals surface area contributed by atoms with Gasteiger partial charge in [0.1, 0.15) is 6.54 Å². The highest BCUT2D eigenvalue weighted by Gasteiger charge is 2.13. The maximum Gasteiger partial charge on any atom is 0.325 e. The van der Waals surface area contributed by atoms with Gasteiger partial charge in [-0.1, -0.05) is 58.4 Å². The number of benzene rings is 2. The number of carbonyl (C=O) groups is 1. The molecule has 3 nitrogen and oxygen atoms in total. The van der Waals surface area contributed by atoms with E-state index in [1.165, 1.54) is 11.1 Å². The zero-order valence-corrected chi connectivity index (χ0v) is 15.0. The molecule has 0 radical (unpaired) electrons. The number of halogens is 1. The van der Waals surface area contributed by atoms with Gasteiger partial charge in [-0.05, 0) is 36.6 Å². The second kappa shape index (κ2) is 9.36. The molecule has 0 unspecified atom stereocenters. The van der Waals surface area contributed by atoms with Gasteiger partial charge in [-0.15, -0.1) is 0 Å². The van der Waals surface area contributed by atoms with Crippen molar-refractivity contribution in [3.05, 3.63) is 65.7 Å². The summed E-state index contributed by atoms with van der Waals surface area (Å²) in [5.74, 6) is -0.201. The molecular formula is C19H22BrNO2. The Hall–Kier alpha value is -1.81. The van der Waals surface area contributed by atoms with Crippen molar-refractivity contribution >= 4 is 27.6 Å². The lowest BCUT2D eigenvalue weighted by molar-refractivity contribution is -0.141. The van der Waals surface area contributed by atoms with Crippen LogP contribution in [0.1, 0.15) is 18.1 Å². The third-order valence-corrected chi connectivity index (χ3v) is 3.92. The number of hydrogen-bond donors (Lipinski definition) is 0. The molecule has 23 heavy (non-hydrogen) atoms. The first-order valence-corrected chi connectivity index (χ1v) is 8.94. The smallest absolute Gasteiger partial charge is 0.325 e. The van der Waals surface area contributed by atoms with Gasteiger partial charge < -0.3 is 9.64 Å². The van der Waals surface area contributed by atoms with Crippen LogP contribution in [0.4, 0.5) is 5.69 Å². The summed E-state index contributed by atoms with van der Waals surface area (Å²) < 4.78 is 5.11. The van der Waals surface area contributed by atoms with Crippen molar-refractivity contribution in [3.8, 4) is 0 Å². The van der Waals surface area contributed by atoms with E-state index in [0.717, 1.165) is 17.4 Å². The highest BCUT2D eigenvalue weighted by molar-refractivity contribution is 9.09. The van der Waals surface area contributed by atoms with E-state index in [0.29, 0.717) is 13.2 Å². The average molecular weight is 376 g/mol. The monoisotopic (exact) mass is 375 g/mol. The van der Waals surface area contributed by atoms with Crippen molar-refractivity contribution in [2.45, 2.75) is 19.9 Å². The average Bonchev–Trinajstić information content (AvgIpc) is 2.56.